The van der Waals surface area contributed by atoms with Crippen molar-refractivity contribution >= 4 is 17.7 Å². The highest BCUT2D eigenvalue weighted by Gasteiger charge is 2.51. The molecule has 2 fully saturated rings. The first kappa shape index (κ1) is 14.0. The highest BCUT2D eigenvalue weighted by molar-refractivity contribution is 8.00. The fraction of sp³-hybridized carbons (Fsp3) is 0.643. The van der Waals surface area contributed by atoms with Crippen LogP contribution in [-0.2, 0) is 4.79 Å². The van der Waals surface area contributed by atoms with Gasteiger partial charge in [-0.2, -0.15) is 0 Å². The minimum atomic E-state index is -0.438. The summed E-state index contributed by atoms with van der Waals surface area (Å²) < 4.78 is 0.991. The quantitative estimate of drug-likeness (QED) is 0.459. The van der Waals surface area contributed by atoms with Crippen LogP contribution in [0.2, 0.25) is 0 Å². The zero-order chi connectivity index (χ0) is 14.5. The monoisotopic (exact) mass is 296 g/mol. The van der Waals surface area contributed by atoms with Gasteiger partial charge in [0.1, 0.15) is 23.7 Å². The Morgan fingerprint density at radius 3 is 2.80 bits per heavy atom. The minimum absolute atomic E-state index is 0.00338. The molecule has 20 heavy (non-hydrogen) atoms. The van der Waals surface area contributed by atoms with Gasteiger partial charge in [-0.1, -0.05) is 6.58 Å². The number of β-lactam (4-membered cyclic amide) rings is 1. The van der Waals surface area contributed by atoms with Crippen molar-refractivity contribution in [3.63, 3.8) is 0 Å². The van der Waals surface area contributed by atoms with Crippen LogP contribution in [0, 0.1) is 0 Å². The SMILES string of the molecule is C=C(O)C1=C(C[N+]2(C)CCCC2)CSC2C(N)C(=O)N12. The van der Waals surface area contributed by atoms with Gasteiger partial charge in [0.25, 0.3) is 0 Å². The average Bonchev–Trinajstić information content (AvgIpc) is 2.83. The summed E-state index contributed by atoms with van der Waals surface area (Å²) in [5, 5.41) is 9.90. The van der Waals surface area contributed by atoms with Crippen LogP contribution in [0.4, 0.5) is 0 Å². The molecule has 0 bridgehead atoms. The van der Waals surface area contributed by atoms with Crippen molar-refractivity contribution < 1.29 is 14.4 Å². The van der Waals surface area contributed by atoms with Gasteiger partial charge < -0.3 is 15.3 Å². The van der Waals surface area contributed by atoms with Crippen molar-refractivity contribution in [2.24, 2.45) is 5.73 Å². The van der Waals surface area contributed by atoms with E-state index < -0.39 is 6.04 Å². The van der Waals surface area contributed by atoms with E-state index >= 15 is 0 Å². The van der Waals surface area contributed by atoms with Crippen LogP contribution < -0.4 is 5.73 Å². The summed E-state index contributed by atoms with van der Waals surface area (Å²) in [6.07, 6.45) is 2.50. The highest BCUT2D eigenvalue weighted by Crippen LogP contribution is 2.41. The van der Waals surface area contributed by atoms with Crippen molar-refractivity contribution in [1.29, 1.82) is 0 Å². The maximum Gasteiger partial charge on any atom is 0.248 e. The van der Waals surface area contributed by atoms with Gasteiger partial charge in [0.15, 0.2) is 0 Å². The van der Waals surface area contributed by atoms with Crippen molar-refractivity contribution in [3.05, 3.63) is 23.6 Å². The van der Waals surface area contributed by atoms with Crippen molar-refractivity contribution in [1.82, 2.24) is 4.90 Å². The molecule has 3 N–H and O–H groups in total. The number of aliphatic hydroxyl groups is 1. The third-order valence-electron chi connectivity index (χ3n) is 4.58. The smallest absolute Gasteiger partial charge is 0.248 e. The number of hydrogen-bond donors (Lipinski definition) is 2. The summed E-state index contributed by atoms with van der Waals surface area (Å²) in [7, 11) is 2.25. The molecule has 2 saturated heterocycles. The summed E-state index contributed by atoms with van der Waals surface area (Å²) in [5.74, 6) is 0.718. The molecule has 0 aliphatic carbocycles. The Hall–Kier alpha value is -0.980. The van der Waals surface area contributed by atoms with E-state index in [0.717, 1.165) is 35.4 Å². The van der Waals surface area contributed by atoms with Crippen LogP contribution in [0.15, 0.2) is 23.6 Å². The van der Waals surface area contributed by atoms with Gasteiger partial charge in [-0.05, 0) is 0 Å². The van der Waals surface area contributed by atoms with Gasteiger partial charge in [0.2, 0.25) is 5.91 Å². The van der Waals surface area contributed by atoms with Crippen molar-refractivity contribution in [3.8, 4) is 0 Å². The molecule has 0 aromatic carbocycles. The van der Waals surface area contributed by atoms with Gasteiger partial charge in [0.05, 0.1) is 25.8 Å². The number of likely N-dealkylation sites (N-methyl/N-ethyl adjacent to an activating group) is 1. The number of hydrogen-bond acceptors (Lipinski definition) is 4. The molecule has 110 valence electrons. The summed E-state index contributed by atoms with van der Waals surface area (Å²) in [5.41, 5.74) is 7.58. The molecule has 0 spiro atoms. The van der Waals surface area contributed by atoms with Gasteiger partial charge in [-0.25, -0.2) is 0 Å². The van der Waals surface area contributed by atoms with Crippen LogP contribution in [0.25, 0.3) is 0 Å². The number of aliphatic hydroxyl groups excluding tert-OH is 1. The topological polar surface area (TPSA) is 66.6 Å². The Bertz CT molecular complexity index is 497. The average molecular weight is 296 g/mol. The summed E-state index contributed by atoms with van der Waals surface area (Å²) >= 11 is 1.70. The van der Waals surface area contributed by atoms with E-state index in [1.165, 1.54) is 12.8 Å². The zero-order valence-electron chi connectivity index (χ0n) is 11.8. The first-order valence-electron chi connectivity index (χ1n) is 7.07. The van der Waals surface area contributed by atoms with E-state index in [0.29, 0.717) is 5.70 Å². The molecule has 6 heteroatoms. The van der Waals surface area contributed by atoms with Gasteiger partial charge in [0, 0.05) is 24.2 Å². The molecule has 5 nitrogen and oxygen atoms in total. The summed E-state index contributed by atoms with van der Waals surface area (Å²) in [4.78, 5) is 13.6. The Labute approximate surface area is 123 Å². The Kier molecular flexibility index (Phi) is 3.35. The number of carbonyl (C=O) groups is 1. The summed E-state index contributed by atoms with van der Waals surface area (Å²) in [6, 6.07) is -0.438. The van der Waals surface area contributed by atoms with E-state index in [2.05, 4.69) is 13.6 Å². The Morgan fingerprint density at radius 1 is 1.55 bits per heavy atom. The number of quaternary nitrogens is 1. The molecule has 1 amide bonds. The summed E-state index contributed by atoms with van der Waals surface area (Å²) in [6.45, 7) is 6.86. The Morgan fingerprint density at radius 2 is 2.20 bits per heavy atom. The minimum Gasteiger partial charge on any atom is -0.506 e. The fourth-order valence-electron chi connectivity index (χ4n) is 3.51. The van der Waals surface area contributed by atoms with E-state index in [9.17, 15) is 9.90 Å². The van der Waals surface area contributed by atoms with Gasteiger partial charge >= 0.3 is 0 Å². The molecule has 3 aliphatic rings. The standard InChI is InChI=1S/C14H21N3O2S/c1-9(18)12-10(7-17(2)5-3-4-6-17)8-20-14-11(15)13(19)16(12)14/h11,14H,1,3-8,15H2,2H3/p+1. The second kappa shape index (κ2) is 4.79. The normalized spacial score (nSPS) is 32.1. The van der Waals surface area contributed by atoms with E-state index in [1.807, 2.05) is 0 Å². The van der Waals surface area contributed by atoms with Gasteiger partial charge in [-0.15, -0.1) is 11.8 Å². The van der Waals surface area contributed by atoms with Crippen molar-refractivity contribution in [2.45, 2.75) is 24.3 Å². The van der Waals surface area contributed by atoms with Crippen LogP contribution in [0.3, 0.4) is 0 Å². The molecular formula is C14H22N3O2S+. The lowest BCUT2D eigenvalue weighted by Crippen LogP contribution is -2.68. The Balaban J connectivity index is 1.90. The molecular weight excluding hydrogens is 274 g/mol. The largest absolute Gasteiger partial charge is 0.506 e. The first-order valence-corrected chi connectivity index (χ1v) is 8.12. The third kappa shape index (κ3) is 2.06. The van der Waals surface area contributed by atoms with E-state index in [1.54, 1.807) is 16.7 Å². The molecule has 0 saturated carbocycles. The fourth-order valence-corrected chi connectivity index (χ4v) is 4.79. The number of likely N-dealkylation sites (tertiary alicyclic amines) is 1. The molecule has 3 heterocycles. The van der Waals surface area contributed by atoms with Crippen LogP contribution in [0.5, 0.6) is 0 Å². The predicted molar refractivity (Wildman–Crippen MR) is 79.9 cm³/mol. The molecule has 0 aromatic heterocycles. The van der Waals surface area contributed by atoms with Crippen LogP contribution >= 0.6 is 11.8 Å². The second-order valence-corrected chi connectivity index (χ2v) is 7.37. The molecule has 2 atom stereocenters. The highest BCUT2D eigenvalue weighted by atomic mass is 32.2. The third-order valence-corrected chi connectivity index (χ3v) is 5.94. The number of nitrogens with two attached hydrogens (primary N) is 1. The first-order chi connectivity index (χ1) is 9.43. The predicted octanol–water partition coefficient (Wildman–Crippen LogP) is 0.795. The van der Waals surface area contributed by atoms with E-state index in [4.69, 9.17) is 5.73 Å². The number of rotatable bonds is 3. The number of carbonyl (C=O) groups excluding carboxylic acids is 1. The van der Waals surface area contributed by atoms with Crippen LogP contribution in [-0.4, -0.2) is 64.2 Å². The van der Waals surface area contributed by atoms with Gasteiger partial charge in [-0.3, -0.25) is 9.69 Å². The molecule has 0 radical (unpaired) electrons. The number of nitrogens with zero attached hydrogens (tertiary/aromatic N) is 2. The van der Waals surface area contributed by atoms with E-state index in [-0.39, 0.29) is 17.0 Å². The number of fused-ring (bicyclic) bond motifs is 1. The van der Waals surface area contributed by atoms with Crippen LogP contribution in [0.1, 0.15) is 12.8 Å². The lowest BCUT2D eigenvalue weighted by atomic mass is 10.0. The molecule has 3 rings (SSSR count). The lowest BCUT2D eigenvalue weighted by Gasteiger charge is -2.49. The van der Waals surface area contributed by atoms with Crippen molar-refractivity contribution in [2.75, 3.05) is 32.4 Å². The molecule has 2 unspecified atom stereocenters. The lowest BCUT2D eigenvalue weighted by molar-refractivity contribution is -0.893. The second-order valence-electron chi connectivity index (χ2n) is 6.27. The number of thioether (sulfide) groups is 1. The molecule has 3 aliphatic heterocycles. The maximum atomic E-state index is 12.0. The molecule has 0 aromatic rings. The number of amides is 1. The maximum absolute atomic E-state index is 12.0. The zero-order valence-corrected chi connectivity index (χ0v) is 12.7.